The standard InChI is InChI=1S/C10H16ClN5O/c1-3-4-13-10(17)6(2)16-9-7(11)8(12)14-5-15-9/h5-6H,3-4H2,1-2H3,(H,13,17)(H3,12,14,15,16). The van der Waals surface area contributed by atoms with Gasteiger partial charge in [-0.1, -0.05) is 18.5 Å². The molecule has 0 bridgehead atoms. The minimum atomic E-state index is -0.437. The Labute approximate surface area is 105 Å². The number of nitrogens with two attached hydrogens (primary N) is 1. The molecule has 1 rings (SSSR count). The third-order valence-electron chi connectivity index (χ3n) is 2.11. The molecule has 1 aromatic rings. The van der Waals surface area contributed by atoms with E-state index < -0.39 is 6.04 Å². The summed E-state index contributed by atoms with van der Waals surface area (Å²) in [6.45, 7) is 4.35. The van der Waals surface area contributed by atoms with Gasteiger partial charge in [-0.15, -0.1) is 0 Å². The number of carbonyl (C=O) groups excluding carboxylic acids is 1. The first-order valence-corrected chi connectivity index (χ1v) is 5.74. The molecule has 1 aromatic heterocycles. The summed E-state index contributed by atoms with van der Waals surface area (Å²) in [7, 11) is 0. The summed E-state index contributed by atoms with van der Waals surface area (Å²) in [5.41, 5.74) is 5.53. The second kappa shape index (κ2) is 6.24. The predicted molar refractivity (Wildman–Crippen MR) is 67.8 cm³/mol. The average Bonchev–Trinajstić information content (AvgIpc) is 2.31. The molecule has 0 aliphatic heterocycles. The van der Waals surface area contributed by atoms with Crippen molar-refractivity contribution in [2.24, 2.45) is 0 Å². The first kappa shape index (κ1) is 13.5. The Morgan fingerprint density at radius 2 is 2.29 bits per heavy atom. The van der Waals surface area contributed by atoms with E-state index >= 15 is 0 Å². The van der Waals surface area contributed by atoms with Gasteiger partial charge in [0.2, 0.25) is 5.91 Å². The maximum atomic E-state index is 11.6. The van der Waals surface area contributed by atoms with Crippen LogP contribution in [0.25, 0.3) is 0 Å². The van der Waals surface area contributed by atoms with Crippen molar-refractivity contribution in [1.29, 1.82) is 0 Å². The van der Waals surface area contributed by atoms with Gasteiger partial charge in [-0.2, -0.15) is 0 Å². The number of halogens is 1. The van der Waals surface area contributed by atoms with Crippen molar-refractivity contribution in [2.75, 3.05) is 17.6 Å². The van der Waals surface area contributed by atoms with E-state index in [2.05, 4.69) is 20.6 Å². The summed E-state index contributed by atoms with van der Waals surface area (Å²) in [6.07, 6.45) is 2.18. The molecule has 0 radical (unpaired) electrons. The summed E-state index contributed by atoms with van der Waals surface area (Å²) in [4.78, 5) is 19.3. The number of amides is 1. The Morgan fingerprint density at radius 3 is 2.94 bits per heavy atom. The number of anilines is 2. The second-order valence-corrected chi connectivity index (χ2v) is 3.96. The Bertz CT molecular complexity index is 398. The topological polar surface area (TPSA) is 92.9 Å². The maximum Gasteiger partial charge on any atom is 0.242 e. The number of hydrogen-bond acceptors (Lipinski definition) is 5. The van der Waals surface area contributed by atoms with E-state index in [1.807, 2.05) is 6.92 Å². The molecule has 0 aliphatic rings. The average molecular weight is 258 g/mol. The van der Waals surface area contributed by atoms with E-state index in [9.17, 15) is 4.79 Å². The number of hydrogen-bond donors (Lipinski definition) is 3. The Balaban J connectivity index is 2.64. The van der Waals surface area contributed by atoms with Crippen molar-refractivity contribution < 1.29 is 4.79 Å². The Kier molecular flexibility index (Phi) is 4.96. The molecule has 1 unspecified atom stereocenters. The highest BCUT2D eigenvalue weighted by Crippen LogP contribution is 2.23. The smallest absolute Gasteiger partial charge is 0.242 e. The summed E-state index contributed by atoms with van der Waals surface area (Å²) < 4.78 is 0. The van der Waals surface area contributed by atoms with Gasteiger partial charge in [-0.3, -0.25) is 4.79 Å². The van der Waals surface area contributed by atoms with Gasteiger partial charge in [0.05, 0.1) is 0 Å². The normalized spacial score (nSPS) is 11.9. The molecule has 6 nitrogen and oxygen atoms in total. The molecule has 0 saturated carbocycles. The van der Waals surface area contributed by atoms with Gasteiger partial charge in [-0.25, -0.2) is 9.97 Å². The third kappa shape index (κ3) is 3.74. The highest BCUT2D eigenvalue weighted by molar-refractivity contribution is 6.35. The molecule has 0 fully saturated rings. The van der Waals surface area contributed by atoms with Crippen LogP contribution in [0.15, 0.2) is 6.33 Å². The van der Waals surface area contributed by atoms with Crippen molar-refractivity contribution in [1.82, 2.24) is 15.3 Å². The molecule has 94 valence electrons. The number of carbonyl (C=O) groups is 1. The first-order chi connectivity index (χ1) is 8.06. The minimum absolute atomic E-state index is 0.111. The molecular weight excluding hydrogens is 242 g/mol. The maximum absolute atomic E-state index is 11.6. The quantitative estimate of drug-likeness (QED) is 0.733. The molecule has 0 aliphatic carbocycles. The van der Waals surface area contributed by atoms with E-state index in [1.165, 1.54) is 6.33 Å². The van der Waals surface area contributed by atoms with Crippen LogP contribution in [0.5, 0.6) is 0 Å². The number of aromatic nitrogens is 2. The van der Waals surface area contributed by atoms with Gasteiger partial charge in [-0.05, 0) is 13.3 Å². The first-order valence-electron chi connectivity index (χ1n) is 5.36. The van der Waals surface area contributed by atoms with E-state index in [-0.39, 0.29) is 16.7 Å². The largest absolute Gasteiger partial charge is 0.382 e. The molecule has 0 aromatic carbocycles. The van der Waals surface area contributed by atoms with E-state index in [0.717, 1.165) is 6.42 Å². The lowest BCUT2D eigenvalue weighted by atomic mass is 10.3. The van der Waals surface area contributed by atoms with Crippen LogP contribution in [0.2, 0.25) is 5.02 Å². The lowest BCUT2D eigenvalue weighted by Crippen LogP contribution is -2.38. The lowest BCUT2D eigenvalue weighted by Gasteiger charge is -2.15. The van der Waals surface area contributed by atoms with Crippen LogP contribution >= 0.6 is 11.6 Å². The molecule has 1 heterocycles. The molecule has 1 atom stereocenters. The number of nitrogens with one attached hydrogen (secondary N) is 2. The van der Waals surface area contributed by atoms with Gasteiger partial charge in [0.1, 0.15) is 23.2 Å². The molecule has 17 heavy (non-hydrogen) atoms. The molecule has 4 N–H and O–H groups in total. The summed E-state index contributed by atoms with van der Waals surface area (Å²) >= 11 is 5.90. The SMILES string of the molecule is CCCNC(=O)C(C)Nc1ncnc(N)c1Cl. The van der Waals surface area contributed by atoms with E-state index in [1.54, 1.807) is 6.92 Å². The van der Waals surface area contributed by atoms with E-state index in [0.29, 0.717) is 12.4 Å². The van der Waals surface area contributed by atoms with Crippen LogP contribution in [0.4, 0.5) is 11.6 Å². The number of rotatable bonds is 5. The van der Waals surface area contributed by atoms with Crippen molar-refractivity contribution in [3.63, 3.8) is 0 Å². The predicted octanol–water partition coefficient (Wildman–Crippen LogP) is 1.04. The minimum Gasteiger partial charge on any atom is -0.382 e. The van der Waals surface area contributed by atoms with Gasteiger partial charge < -0.3 is 16.4 Å². The molecular formula is C10H16ClN5O. The van der Waals surface area contributed by atoms with Gasteiger partial charge >= 0.3 is 0 Å². The molecule has 7 heteroatoms. The summed E-state index contributed by atoms with van der Waals surface area (Å²) in [5, 5.41) is 5.88. The molecule has 0 spiro atoms. The summed E-state index contributed by atoms with van der Waals surface area (Å²) in [6, 6.07) is -0.437. The van der Waals surface area contributed by atoms with Crippen molar-refractivity contribution >= 4 is 29.1 Å². The van der Waals surface area contributed by atoms with Gasteiger partial charge in [0.25, 0.3) is 0 Å². The van der Waals surface area contributed by atoms with Crippen LogP contribution in [0.3, 0.4) is 0 Å². The highest BCUT2D eigenvalue weighted by atomic mass is 35.5. The van der Waals surface area contributed by atoms with Crippen molar-refractivity contribution in [3.8, 4) is 0 Å². The lowest BCUT2D eigenvalue weighted by molar-refractivity contribution is -0.121. The molecule has 1 amide bonds. The van der Waals surface area contributed by atoms with E-state index in [4.69, 9.17) is 17.3 Å². The van der Waals surface area contributed by atoms with Crippen LogP contribution < -0.4 is 16.4 Å². The van der Waals surface area contributed by atoms with Crippen LogP contribution in [-0.2, 0) is 4.79 Å². The monoisotopic (exact) mass is 257 g/mol. The van der Waals surface area contributed by atoms with Gasteiger partial charge in [0, 0.05) is 6.54 Å². The van der Waals surface area contributed by atoms with Crippen LogP contribution in [0.1, 0.15) is 20.3 Å². The van der Waals surface area contributed by atoms with Crippen molar-refractivity contribution in [2.45, 2.75) is 26.3 Å². The number of nitrogens with zero attached hydrogens (tertiary/aromatic N) is 2. The van der Waals surface area contributed by atoms with Crippen molar-refractivity contribution in [3.05, 3.63) is 11.3 Å². The second-order valence-electron chi connectivity index (χ2n) is 3.58. The summed E-state index contributed by atoms with van der Waals surface area (Å²) in [5.74, 6) is 0.434. The van der Waals surface area contributed by atoms with Crippen LogP contribution in [-0.4, -0.2) is 28.5 Å². The zero-order valence-electron chi connectivity index (χ0n) is 9.83. The fourth-order valence-electron chi connectivity index (χ4n) is 1.16. The van der Waals surface area contributed by atoms with Gasteiger partial charge in [0.15, 0.2) is 5.82 Å². The zero-order chi connectivity index (χ0) is 12.8. The Hall–Kier alpha value is -1.56. The third-order valence-corrected chi connectivity index (χ3v) is 2.48. The highest BCUT2D eigenvalue weighted by Gasteiger charge is 2.15. The fraction of sp³-hybridized carbons (Fsp3) is 0.500. The Morgan fingerprint density at radius 1 is 1.59 bits per heavy atom. The fourth-order valence-corrected chi connectivity index (χ4v) is 1.31. The zero-order valence-corrected chi connectivity index (χ0v) is 10.6. The van der Waals surface area contributed by atoms with Crippen LogP contribution in [0, 0.1) is 0 Å². The molecule has 0 saturated heterocycles. The number of nitrogen functional groups attached to an aromatic ring is 1.